The number of hydrogen-bond donors (Lipinski definition) is 0. The van der Waals surface area contributed by atoms with Crippen LogP contribution in [0.15, 0.2) is 54.9 Å². The molecule has 0 saturated heterocycles. The normalized spacial score (nSPS) is 12.0. The van der Waals surface area contributed by atoms with E-state index in [0.717, 1.165) is 20.5 Å². The summed E-state index contributed by atoms with van der Waals surface area (Å²) in [6.45, 7) is 0. The lowest BCUT2D eigenvalue weighted by Gasteiger charge is -2.01. The van der Waals surface area contributed by atoms with E-state index in [1.165, 1.54) is 0 Å². The van der Waals surface area contributed by atoms with Gasteiger partial charge in [-0.05, 0) is 35.2 Å². The molecular formula is C16H9ClN2S. The van der Waals surface area contributed by atoms with Crippen LogP contribution in [0.1, 0.15) is 10.4 Å². The van der Waals surface area contributed by atoms with Gasteiger partial charge in [0.15, 0.2) is 0 Å². The zero-order valence-corrected chi connectivity index (χ0v) is 11.9. The Morgan fingerprint density at radius 1 is 1.15 bits per heavy atom. The van der Waals surface area contributed by atoms with Crippen LogP contribution in [0.5, 0.6) is 0 Å². The molecule has 2 heterocycles. The number of halogens is 1. The van der Waals surface area contributed by atoms with Gasteiger partial charge in [0.25, 0.3) is 0 Å². The van der Waals surface area contributed by atoms with Gasteiger partial charge in [0.2, 0.25) is 0 Å². The lowest BCUT2D eigenvalue weighted by atomic mass is 10.1. The van der Waals surface area contributed by atoms with Crippen LogP contribution in [0, 0.1) is 11.3 Å². The summed E-state index contributed by atoms with van der Waals surface area (Å²) in [5.74, 6) is 0. The Kier molecular flexibility index (Phi) is 3.51. The van der Waals surface area contributed by atoms with Crippen LogP contribution in [0.4, 0.5) is 0 Å². The van der Waals surface area contributed by atoms with Crippen molar-refractivity contribution < 1.29 is 0 Å². The zero-order chi connectivity index (χ0) is 13.9. The standard InChI is InChI=1S/C16H9ClN2S/c17-16(13(10-18)11-5-7-19-8-6-11)15-9-12-3-1-2-4-14(12)20-15/h1-9H/b16-13-. The molecule has 0 atom stereocenters. The molecule has 0 saturated carbocycles. The third-order valence-electron chi connectivity index (χ3n) is 2.94. The van der Waals surface area contributed by atoms with Crippen molar-refractivity contribution in [1.29, 1.82) is 5.26 Å². The fourth-order valence-electron chi connectivity index (χ4n) is 1.97. The fraction of sp³-hybridized carbons (Fsp3) is 0. The number of nitrogens with zero attached hydrogens (tertiary/aromatic N) is 2. The zero-order valence-electron chi connectivity index (χ0n) is 10.4. The smallest absolute Gasteiger partial charge is 0.101 e. The first kappa shape index (κ1) is 12.9. The first-order chi connectivity index (χ1) is 9.79. The number of hydrogen-bond acceptors (Lipinski definition) is 3. The molecule has 0 spiro atoms. The number of pyridine rings is 1. The van der Waals surface area contributed by atoms with Gasteiger partial charge in [-0.3, -0.25) is 4.98 Å². The van der Waals surface area contributed by atoms with E-state index in [4.69, 9.17) is 11.6 Å². The molecule has 0 unspecified atom stereocenters. The van der Waals surface area contributed by atoms with Crippen LogP contribution in [0.3, 0.4) is 0 Å². The predicted molar refractivity (Wildman–Crippen MR) is 84.3 cm³/mol. The second kappa shape index (κ2) is 5.46. The molecule has 0 amide bonds. The van der Waals surface area contributed by atoms with Gasteiger partial charge >= 0.3 is 0 Å². The molecule has 0 bridgehead atoms. The molecule has 0 fully saturated rings. The molecule has 2 aromatic heterocycles. The maximum atomic E-state index is 9.38. The van der Waals surface area contributed by atoms with Gasteiger partial charge in [0.05, 0.1) is 10.6 Å². The highest BCUT2D eigenvalue weighted by molar-refractivity contribution is 7.20. The molecule has 0 radical (unpaired) electrons. The number of benzene rings is 1. The van der Waals surface area contributed by atoms with Crippen molar-refractivity contribution in [3.8, 4) is 6.07 Å². The molecule has 0 aliphatic carbocycles. The van der Waals surface area contributed by atoms with Crippen molar-refractivity contribution in [2.75, 3.05) is 0 Å². The minimum atomic E-state index is 0.473. The van der Waals surface area contributed by atoms with Gasteiger partial charge in [0.1, 0.15) is 6.07 Å². The summed E-state index contributed by atoms with van der Waals surface area (Å²) in [6, 6.07) is 15.8. The molecule has 0 N–H and O–H groups in total. The number of rotatable bonds is 2. The Labute approximate surface area is 125 Å². The average Bonchev–Trinajstić information content (AvgIpc) is 2.93. The lowest BCUT2D eigenvalue weighted by Crippen LogP contribution is -1.84. The Bertz CT molecular complexity index is 795. The predicted octanol–water partition coefficient (Wildman–Crippen LogP) is 4.93. The molecule has 2 nitrogen and oxygen atoms in total. The number of aromatic nitrogens is 1. The second-order valence-corrected chi connectivity index (χ2v) is 5.65. The van der Waals surface area contributed by atoms with E-state index in [-0.39, 0.29) is 0 Å². The fourth-order valence-corrected chi connectivity index (χ4v) is 3.30. The van der Waals surface area contributed by atoms with E-state index in [2.05, 4.69) is 11.1 Å². The van der Waals surface area contributed by atoms with E-state index in [9.17, 15) is 5.26 Å². The van der Waals surface area contributed by atoms with E-state index < -0.39 is 0 Å². The summed E-state index contributed by atoms with van der Waals surface area (Å²) in [7, 11) is 0. The summed E-state index contributed by atoms with van der Waals surface area (Å²) in [4.78, 5) is 4.86. The highest BCUT2D eigenvalue weighted by atomic mass is 35.5. The Morgan fingerprint density at radius 2 is 1.90 bits per heavy atom. The summed E-state index contributed by atoms with van der Waals surface area (Å²) in [6.07, 6.45) is 3.31. The van der Waals surface area contributed by atoms with E-state index >= 15 is 0 Å². The highest BCUT2D eigenvalue weighted by Crippen LogP contribution is 2.36. The summed E-state index contributed by atoms with van der Waals surface area (Å²) >= 11 is 8.01. The van der Waals surface area contributed by atoms with Gasteiger partial charge in [0, 0.05) is 22.0 Å². The van der Waals surface area contributed by atoms with Crippen LogP contribution >= 0.6 is 22.9 Å². The molecule has 96 valence electrons. The molecule has 0 aliphatic heterocycles. The minimum Gasteiger partial charge on any atom is -0.265 e. The monoisotopic (exact) mass is 296 g/mol. The topological polar surface area (TPSA) is 36.7 Å². The van der Waals surface area contributed by atoms with E-state index in [0.29, 0.717) is 10.6 Å². The molecule has 0 aliphatic rings. The lowest BCUT2D eigenvalue weighted by molar-refractivity contribution is 1.32. The molecular weight excluding hydrogens is 288 g/mol. The molecule has 1 aromatic carbocycles. The Balaban J connectivity index is 2.16. The van der Waals surface area contributed by atoms with Gasteiger partial charge < -0.3 is 0 Å². The highest BCUT2D eigenvalue weighted by Gasteiger charge is 2.12. The van der Waals surface area contributed by atoms with Crippen molar-refractivity contribution in [2.45, 2.75) is 0 Å². The largest absolute Gasteiger partial charge is 0.265 e. The van der Waals surface area contributed by atoms with Gasteiger partial charge in [-0.15, -0.1) is 11.3 Å². The summed E-state index contributed by atoms with van der Waals surface area (Å²) in [5.41, 5.74) is 1.26. The molecule has 4 heteroatoms. The first-order valence-corrected chi connectivity index (χ1v) is 7.18. The van der Waals surface area contributed by atoms with Crippen LogP contribution in [-0.4, -0.2) is 4.98 Å². The molecule has 20 heavy (non-hydrogen) atoms. The Morgan fingerprint density at radius 3 is 2.60 bits per heavy atom. The number of fused-ring (bicyclic) bond motifs is 1. The average molecular weight is 297 g/mol. The van der Waals surface area contributed by atoms with Crippen LogP contribution in [0.2, 0.25) is 0 Å². The third-order valence-corrected chi connectivity index (χ3v) is 4.58. The second-order valence-electron chi connectivity index (χ2n) is 4.19. The SMILES string of the molecule is N#C/C(=C(/Cl)c1cc2ccccc2s1)c1ccncc1. The van der Waals surface area contributed by atoms with E-state index in [1.54, 1.807) is 35.9 Å². The Hall–Kier alpha value is -2.15. The van der Waals surface area contributed by atoms with Crippen molar-refractivity contribution in [2.24, 2.45) is 0 Å². The van der Waals surface area contributed by atoms with Crippen LogP contribution < -0.4 is 0 Å². The van der Waals surface area contributed by atoms with Crippen LogP contribution in [0.25, 0.3) is 20.7 Å². The van der Waals surface area contributed by atoms with Crippen molar-refractivity contribution in [3.63, 3.8) is 0 Å². The maximum absolute atomic E-state index is 9.38. The molecule has 3 aromatic rings. The minimum absolute atomic E-state index is 0.473. The number of allylic oxidation sites excluding steroid dienone is 1. The third kappa shape index (κ3) is 2.32. The summed E-state index contributed by atoms with van der Waals surface area (Å²) in [5, 5.41) is 11.0. The first-order valence-electron chi connectivity index (χ1n) is 5.99. The van der Waals surface area contributed by atoms with E-state index in [1.807, 2.05) is 30.3 Å². The van der Waals surface area contributed by atoms with Crippen LogP contribution in [-0.2, 0) is 0 Å². The number of thiophene rings is 1. The summed E-state index contributed by atoms with van der Waals surface area (Å²) < 4.78 is 1.16. The van der Waals surface area contributed by atoms with Gasteiger partial charge in [-0.1, -0.05) is 29.8 Å². The van der Waals surface area contributed by atoms with Crippen molar-refractivity contribution in [3.05, 3.63) is 65.3 Å². The van der Waals surface area contributed by atoms with Crippen molar-refractivity contribution in [1.82, 2.24) is 4.98 Å². The van der Waals surface area contributed by atoms with Gasteiger partial charge in [-0.2, -0.15) is 5.26 Å². The van der Waals surface area contributed by atoms with Crippen molar-refractivity contribution >= 4 is 43.6 Å². The quantitative estimate of drug-likeness (QED) is 0.629. The maximum Gasteiger partial charge on any atom is 0.101 e. The molecule has 3 rings (SSSR count). The van der Waals surface area contributed by atoms with Gasteiger partial charge in [-0.25, -0.2) is 0 Å². The number of nitriles is 1.